The van der Waals surface area contributed by atoms with Crippen molar-refractivity contribution in [1.82, 2.24) is 4.98 Å². The predicted molar refractivity (Wildman–Crippen MR) is 66.0 cm³/mol. The first-order valence-corrected chi connectivity index (χ1v) is 5.93. The smallest absolute Gasteiger partial charge is 0.132 e. The van der Waals surface area contributed by atoms with Crippen LogP contribution in [0.2, 0.25) is 5.15 Å². The summed E-state index contributed by atoms with van der Waals surface area (Å²) in [5, 5.41) is 19.2. The Morgan fingerprint density at radius 3 is 3.00 bits per heavy atom. The van der Waals surface area contributed by atoms with Gasteiger partial charge in [-0.3, -0.25) is 0 Å². The summed E-state index contributed by atoms with van der Waals surface area (Å²) in [6.45, 7) is 3.16. The Hall–Kier alpha value is -1.31. The second kappa shape index (κ2) is 4.52. The van der Waals surface area contributed by atoms with E-state index in [1.807, 2.05) is 11.8 Å². The number of halogens is 1. The van der Waals surface area contributed by atoms with Gasteiger partial charge >= 0.3 is 0 Å². The van der Waals surface area contributed by atoms with Crippen molar-refractivity contribution in [3.8, 4) is 6.07 Å². The summed E-state index contributed by atoms with van der Waals surface area (Å²) in [7, 11) is 0. The highest BCUT2D eigenvalue weighted by Gasteiger charge is 2.29. The van der Waals surface area contributed by atoms with E-state index in [-0.39, 0.29) is 0 Å². The number of pyridine rings is 1. The van der Waals surface area contributed by atoms with Crippen LogP contribution in [0.4, 0.5) is 5.82 Å². The van der Waals surface area contributed by atoms with Gasteiger partial charge in [-0.1, -0.05) is 11.6 Å². The van der Waals surface area contributed by atoms with Crippen LogP contribution in [0.15, 0.2) is 12.1 Å². The first-order valence-electron chi connectivity index (χ1n) is 5.55. The average Bonchev–Trinajstić information content (AvgIpc) is 2.27. The van der Waals surface area contributed by atoms with E-state index in [1.54, 1.807) is 6.07 Å². The molecule has 0 saturated carbocycles. The number of aromatic nitrogens is 1. The third kappa shape index (κ3) is 2.87. The van der Waals surface area contributed by atoms with Gasteiger partial charge in [0.1, 0.15) is 11.0 Å². The van der Waals surface area contributed by atoms with Gasteiger partial charge in [-0.15, -0.1) is 0 Å². The lowest BCUT2D eigenvalue weighted by molar-refractivity contribution is 0.0447. The van der Waals surface area contributed by atoms with Crippen LogP contribution in [0.3, 0.4) is 0 Å². The normalized spacial score (nSPS) is 24.5. The fourth-order valence-electron chi connectivity index (χ4n) is 2.13. The van der Waals surface area contributed by atoms with E-state index in [0.717, 1.165) is 19.4 Å². The van der Waals surface area contributed by atoms with Crippen LogP contribution in [-0.2, 0) is 0 Å². The largest absolute Gasteiger partial charge is 0.388 e. The Labute approximate surface area is 105 Å². The predicted octanol–water partition coefficient (Wildman–Crippen LogP) is 1.96. The van der Waals surface area contributed by atoms with E-state index in [4.69, 9.17) is 16.9 Å². The van der Waals surface area contributed by atoms with Crippen LogP contribution in [0.25, 0.3) is 0 Å². The van der Waals surface area contributed by atoms with Gasteiger partial charge in [-0.05, 0) is 31.9 Å². The number of aliphatic hydroxyl groups is 1. The second-order valence-corrected chi connectivity index (χ2v) is 5.06. The molecule has 1 aliphatic rings. The van der Waals surface area contributed by atoms with Gasteiger partial charge in [0.2, 0.25) is 0 Å². The van der Waals surface area contributed by atoms with Crippen molar-refractivity contribution in [2.45, 2.75) is 25.4 Å². The van der Waals surface area contributed by atoms with Crippen LogP contribution < -0.4 is 4.90 Å². The van der Waals surface area contributed by atoms with Gasteiger partial charge in [0.25, 0.3) is 0 Å². The van der Waals surface area contributed by atoms with Crippen molar-refractivity contribution in [1.29, 1.82) is 5.26 Å². The molecule has 17 heavy (non-hydrogen) atoms. The van der Waals surface area contributed by atoms with E-state index in [9.17, 15) is 5.11 Å². The highest BCUT2D eigenvalue weighted by Crippen LogP contribution is 2.26. The van der Waals surface area contributed by atoms with Gasteiger partial charge in [0, 0.05) is 13.1 Å². The molecule has 2 rings (SSSR count). The Morgan fingerprint density at radius 1 is 1.59 bits per heavy atom. The molecule has 1 aliphatic heterocycles. The Bertz CT molecular complexity index is 467. The molecule has 0 radical (unpaired) electrons. The molecule has 0 spiro atoms. The maximum Gasteiger partial charge on any atom is 0.132 e. The summed E-state index contributed by atoms with van der Waals surface area (Å²) < 4.78 is 0. The molecule has 1 aromatic rings. The molecular formula is C12H14ClN3O. The number of rotatable bonds is 1. The Balaban J connectivity index is 2.28. The van der Waals surface area contributed by atoms with Crippen molar-refractivity contribution in [3.63, 3.8) is 0 Å². The minimum atomic E-state index is -0.699. The molecule has 1 unspecified atom stereocenters. The van der Waals surface area contributed by atoms with Gasteiger partial charge < -0.3 is 10.0 Å². The summed E-state index contributed by atoms with van der Waals surface area (Å²) in [6, 6.07) is 5.29. The zero-order valence-electron chi connectivity index (χ0n) is 9.65. The van der Waals surface area contributed by atoms with Crippen molar-refractivity contribution in [2.24, 2.45) is 0 Å². The maximum absolute atomic E-state index is 10.0. The third-order valence-corrected chi connectivity index (χ3v) is 3.10. The summed E-state index contributed by atoms with van der Waals surface area (Å²) in [4.78, 5) is 6.17. The molecule has 1 atom stereocenters. The lowest BCUT2D eigenvalue weighted by Crippen LogP contribution is -2.46. The highest BCUT2D eigenvalue weighted by atomic mass is 35.5. The molecule has 90 valence electrons. The molecule has 0 aromatic carbocycles. The van der Waals surface area contributed by atoms with E-state index < -0.39 is 5.60 Å². The topological polar surface area (TPSA) is 60.1 Å². The van der Waals surface area contributed by atoms with Gasteiger partial charge in [-0.2, -0.15) is 5.26 Å². The van der Waals surface area contributed by atoms with Crippen LogP contribution in [-0.4, -0.2) is 28.8 Å². The van der Waals surface area contributed by atoms with E-state index in [1.165, 1.54) is 6.07 Å². The first kappa shape index (κ1) is 12.2. The molecule has 4 nitrogen and oxygen atoms in total. The minimum absolute atomic E-state index is 0.310. The number of hydrogen-bond donors (Lipinski definition) is 1. The lowest BCUT2D eigenvalue weighted by atomic mass is 9.95. The van der Waals surface area contributed by atoms with Crippen LogP contribution >= 0.6 is 11.6 Å². The number of anilines is 1. The zero-order valence-corrected chi connectivity index (χ0v) is 10.4. The summed E-state index contributed by atoms with van der Waals surface area (Å²) >= 11 is 5.87. The number of piperidine rings is 1. The Kier molecular flexibility index (Phi) is 3.23. The molecule has 1 aromatic heterocycles. The third-order valence-electron chi connectivity index (χ3n) is 2.91. The number of β-amino-alcohol motifs (C(OH)–C–C–N with tert-alkyl or cyclic N) is 1. The zero-order chi connectivity index (χ0) is 12.5. The van der Waals surface area contributed by atoms with Crippen LogP contribution in [0, 0.1) is 11.3 Å². The van der Waals surface area contributed by atoms with Crippen molar-refractivity contribution in [3.05, 3.63) is 22.8 Å². The van der Waals surface area contributed by atoms with Gasteiger partial charge in [0.05, 0.1) is 17.2 Å². The number of nitriles is 1. The minimum Gasteiger partial charge on any atom is -0.388 e. The van der Waals surface area contributed by atoms with Crippen LogP contribution in [0.5, 0.6) is 0 Å². The summed E-state index contributed by atoms with van der Waals surface area (Å²) in [5.74, 6) is 0.661. The van der Waals surface area contributed by atoms with Crippen molar-refractivity contribution < 1.29 is 5.11 Å². The molecule has 0 aliphatic carbocycles. The summed E-state index contributed by atoms with van der Waals surface area (Å²) in [5.41, 5.74) is -0.208. The molecule has 2 heterocycles. The summed E-state index contributed by atoms with van der Waals surface area (Å²) in [6.07, 6.45) is 1.69. The van der Waals surface area contributed by atoms with E-state index in [2.05, 4.69) is 11.1 Å². The van der Waals surface area contributed by atoms with Gasteiger partial charge in [-0.25, -0.2) is 4.98 Å². The second-order valence-electron chi connectivity index (χ2n) is 4.67. The highest BCUT2D eigenvalue weighted by molar-refractivity contribution is 6.29. The molecule has 0 amide bonds. The quantitative estimate of drug-likeness (QED) is 0.775. The monoisotopic (exact) mass is 251 g/mol. The molecular weight excluding hydrogens is 238 g/mol. The molecule has 5 heteroatoms. The lowest BCUT2D eigenvalue weighted by Gasteiger charge is -2.37. The molecule has 1 saturated heterocycles. The Morgan fingerprint density at radius 2 is 2.35 bits per heavy atom. The van der Waals surface area contributed by atoms with Crippen LogP contribution in [0.1, 0.15) is 25.3 Å². The molecule has 1 N–H and O–H groups in total. The number of nitrogens with zero attached hydrogens (tertiary/aromatic N) is 3. The average molecular weight is 252 g/mol. The standard InChI is InChI=1S/C12H14ClN3O/c1-12(17)3-2-4-16(8-12)11-6-9(7-14)5-10(13)15-11/h5-6,17H,2-4,8H2,1H3. The van der Waals surface area contributed by atoms with Gasteiger partial charge in [0.15, 0.2) is 0 Å². The number of hydrogen-bond acceptors (Lipinski definition) is 4. The van der Waals surface area contributed by atoms with E-state index in [0.29, 0.717) is 23.1 Å². The fraction of sp³-hybridized carbons (Fsp3) is 0.500. The SMILES string of the molecule is CC1(O)CCCN(c2cc(C#N)cc(Cl)n2)C1. The first-order chi connectivity index (χ1) is 8.00. The van der Waals surface area contributed by atoms with Crippen molar-refractivity contribution in [2.75, 3.05) is 18.0 Å². The van der Waals surface area contributed by atoms with E-state index >= 15 is 0 Å². The maximum atomic E-state index is 10.0. The molecule has 0 bridgehead atoms. The molecule has 1 fully saturated rings. The van der Waals surface area contributed by atoms with Crippen molar-refractivity contribution >= 4 is 17.4 Å². The fourth-order valence-corrected chi connectivity index (χ4v) is 2.33.